The summed E-state index contributed by atoms with van der Waals surface area (Å²) in [6.07, 6.45) is 9.41. The molecule has 0 atom stereocenters. The van der Waals surface area contributed by atoms with Crippen molar-refractivity contribution in [1.29, 1.82) is 0 Å². The van der Waals surface area contributed by atoms with Crippen LogP contribution in [0.15, 0.2) is 30.9 Å². The molecule has 3 heterocycles. The lowest BCUT2D eigenvalue weighted by atomic mass is 9.95. The van der Waals surface area contributed by atoms with Crippen molar-refractivity contribution in [2.24, 2.45) is 0 Å². The quantitative estimate of drug-likeness (QED) is 0.781. The Morgan fingerprint density at radius 3 is 2.41 bits per heavy atom. The zero-order valence-electron chi connectivity index (χ0n) is 16.4. The van der Waals surface area contributed by atoms with Crippen molar-refractivity contribution in [3.8, 4) is 11.5 Å². The molecule has 0 aliphatic carbocycles. The summed E-state index contributed by atoms with van der Waals surface area (Å²) in [5, 5.41) is 0. The summed E-state index contributed by atoms with van der Waals surface area (Å²) in [4.78, 5) is 9.38. The fourth-order valence-corrected chi connectivity index (χ4v) is 4.40. The van der Waals surface area contributed by atoms with Crippen LogP contribution in [0.4, 0.5) is 0 Å². The predicted molar refractivity (Wildman–Crippen MR) is 105 cm³/mol. The van der Waals surface area contributed by atoms with Gasteiger partial charge in [0.05, 0.1) is 20.5 Å². The van der Waals surface area contributed by atoms with Gasteiger partial charge in [-0.25, -0.2) is 4.98 Å². The Kier molecular flexibility index (Phi) is 5.64. The minimum atomic E-state index is 0.691. The van der Waals surface area contributed by atoms with Gasteiger partial charge in [0.25, 0.3) is 0 Å². The van der Waals surface area contributed by atoms with E-state index in [1.807, 2.05) is 18.7 Å². The number of hydrogen-bond acceptors (Lipinski definition) is 5. The minimum absolute atomic E-state index is 0.691. The van der Waals surface area contributed by atoms with E-state index in [9.17, 15) is 0 Å². The van der Waals surface area contributed by atoms with Gasteiger partial charge in [-0.15, -0.1) is 0 Å². The molecule has 1 aromatic carbocycles. The van der Waals surface area contributed by atoms with Gasteiger partial charge in [-0.3, -0.25) is 4.90 Å². The van der Waals surface area contributed by atoms with Crippen molar-refractivity contribution in [2.75, 3.05) is 40.4 Å². The van der Waals surface area contributed by atoms with Gasteiger partial charge in [0.1, 0.15) is 0 Å². The zero-order valence-corrected chi connectivity index (χ0v) is 16.4. The van der Waals surface area contributed by atoms with Crippen LogP contribution in [0, 0.1) is 0 Å². The zero-order chi connectivity index (χ0) is 18.6. The highest BCUT2D eigenvalue weighted by Gasteiger charge is 2.28. The normalized spacial score (nSPS) is 19.0. The summed E-state index contributed by atoms with van der Waals surface area (Å²) in [7, 11) is 3.42. The summed E-state index contributed by atoms with van der Waals surface area (Å²) in [5.74, 6) is 1.68. The maximum atomic E-state index is 5.50. The predicted octanol–water partition coefficient (Wildman–Crippen LogP) is 2.42. The summed E-state index contributed by atoms with van der Waals surface area (Å²) in [6.45, 7) is 6.69. The smallest absolute Gasteiger partial charge is 0.161 e. The van der Waals surface area contributed by atoms with Crippen molar-refractivity contribution >= 4 is 0 Å². The molecule has 1 saturated heterocycles. The topological polar surface area (TPSA) is 42.8 Å². The lowest BCUT2D eigenvalue weighted by Crippen LogP contribution is -2.47. The fraction of sp³-hybridized carbons (Fsp3) is 0.571. The van der Waals surface area contributed by atoms with Crippen LogP contribution in [0.2, 0.25) is 0 Å². The Morgan fingerprint density at radius 2 is 1.74 bits per heavy atom. The Balaban J connectivity index is 1.32. The molecule has 6 heteroatoms. The van der Waals surface area contributed by atoms with Crippen LogP contribution in [0.5, 0.6) is 11.5 Å². The second kappa shape index (κ2) is 8.31. The molecule has 146 valence electrons. The van der Waals surface area contributed by atoms with E-state index < -0.39 is 0 Å². The minimum Gasteiger partial charge on any atom is -0.493 e. The first kappa shape index (κ1) is 18.3. The van der Waals surface area contributed by atoms with Crippen LogP contribution in [0.25, 0.3) is 0 Å². The van der Waals surface area contributed by atoms with Gasteiger partial charge in [-0.05, 0) is 55.6 Å². The van der Waals surface area contributed by atoms with Gasteiger partial charge in [0.15, 0.2) is 11.5 Å². The number of imidazole rings is 1. The number of piperidine rings is 1. The van der Waals surface area contributed by atoms with E-state index in [0.29, 0.717) is 6.04 Å². The van der Waals surface area contributed by atoms with Gasteiger partial charge in [0, 0.05) is 44.6 Å². The maximum Gasteiger partial charge on any atom is 0.161 e. The number of benzene rings is 1. The standard InChI is InChI=1S/C21H30N4O2/c1-26-20-13-17-3-9-25(15-18(17)14-21(20)27-2)19-4-7-23(8-5-19)11-12-24-10-6-22-16-24/h6,10,13-14,16,19H,3-5,7-9,11-12,15H2,1-2H3. The Hall–Kier alpha value is -2.05. The van der Waals surface area contributed by atoms with Crippen molar-refractivity contribution in [3.63, 3.8) is 0 Å². The number of aromatic nitrogens is 2. The fourth-order valence-electron chi connectivity index (χ4n) is 4.40. The van der Waals surface area contributed by atoms with E-state index in [4.69, 9.17) is 9.47 Å². The van der Waals surface area contributed by atoms with Gasteiger partial charge < -0.3 is 18.9 Å². The van der Waals surface area contributed by atoms with E-state index in [1.54, 1.807) is 14.2 Å². The number of nitrogens with zero attached hydrogens (tertiary/aromatic N) is 4. The van der Waals surface area contributed by atoms with Crippen LogP contribution in [-0.2, 0) is 19.5 Å². The highest BCUT2D eigenvalue weighted by atomic mass is 16.5. The molecule has 0 N–H and O–H groups in total. The van der Waals surface area contributed by atoms with Gasteiger partial charge in [-0.2, -0.15) is 0 Å². The van der Waals surface area contributed by atoms with E-state index in [-0.39, 0.29) is 0 Å². The van der Waals surface area contributed by atoms with Gasteiger partial charge in [0.2, 0.25) is 0 Å². The van der Waals surface area contributed by atoms with Gasteiger partial charge in [-0.1, -0.05) is 0 Å². The number of fused-ring (bicyclic) bond motifs is 1. The second-order valence-electron chi connectivity index (χ2n) is 7.57. The average molecular weight is 370 g/mol. The Bertz CT molecular complexity index is 739. The molecule has 0 unspecified atom stereocenters. The highest BCUT2D eigenvalue weighted by Crippen LogP contribution is 2.34. The third-order valence-electron chi connectivity index (χ3n) is 6.05. The number of methoxy groups -OCH3 is 2. The molecule has 0 radical (unpaired) electrons. The van der Waals surface area contributed by atoms with Crippen molar-refractivity contribution in [2.45, 2.75) is 38.4 Å². The van der Waals surface area contributed by atoms with Crippen molar-refractivity contribution < 1.29 is 9.47 Å². The number of rotatable bonds is 6. The van der Waals surface area contributed by atoms with E-state index in [0.717, 1.165) is 44.1 Å². The maximum absolute atomic E-state index is 5.50. The van der Waals surface area contributed by atoms with Gasteiger partial charge >= 0.3 is 0 Å². The first-order valence-corrected chi connectivity index (χ1v) is 9.92. The third kappa shape index (κ3) is 4.12. The molecule has 0 saturated carbocycles. The number of likely N-dealkylation sites (tertiary alicyclic amines) is 1. The van der Waals surface area contributed by atoms with Crippen LogP contribution in [-0.4, -0.2) is 65.8 Å². The summed E-state index contributed by atoms with van der Waals surface area (Å²) < 4.78 is 13.1. The molecular weight excluding hydrogens is 340 g/mol. The lowest BCUT2D eigenvalue weighted by Gasteiger charge is -2.40. The molecular formula is C21H30N4O2. The molecule has 4 rings (SSSR count). The largest absolute Gasteiger partial charge is 0.493 e. The SMILES string of the molecule is COc1cc2c(cc1OC)CN(C1CCN(CCn3ccnc3)CC1)CC2. The van der Waals surface area contributed by atoms with Crippen molar-refractivity contribution in [1.82, 2.24) is 19.4 Å². The van der Waals surface area contributed by atoms with Crippen molar-refractivity contribution in [3.05, 3.63) is 42.0 Å². The molecule has 1 fully saturated rings. The first-order chi connectivity index (χ1) is 13.3. The molecule has 27 heavy (non-hydrogen) atoms. The number of ether oxygens (including phenoxy) is 2. The molecule has 2 aliphatic rings. The van der Waals surface area contributed by atoms with Crippen LogP contribution in [0.3, 0.4) is 0 Å². The molecule has 6 nitrogen and oxygen atoms in total. The highest BCUT2D eigenvalue weighted by molar-refractivity contribution is 5.48. The molecule has 0 amide bonds. The molecule has 1 aromatic heterocycles. The van der Waals surface area contributed by atoms with E-state index in [2.05, 4.69) is 31.5 Å². The van der Waals surface area contributed by atoms with Crippen LogP contribution in [0.1, 0.15) is 24.0 Å². The molecule has 2 aliphatic heterocycles. The van der Waals surface area contributed by atoms with E-state index in [1.165, 1.54) is 37.1 Å². The lowest BCUT2D eigenvalue weighted by molar-refractivity contribution is 0.0963. The second-order valence-corrected chi connectivity index (χ2v) is 7.57. The van der Waals surface area contributed by atoms with Crippen LogP contribution >= 0.6 is 0 Å². The first-order valence-electron chi connectivity index (χ1n) is 9.92. The Morgan fingerprint density at radius 1 is 1.00 bits per heavy atom. The summed E-state index contributed by atoms with van der Waals surface area (Å²) in [6, 6.07) is 5.01. The molecule has 0 spiro atoms. The summed E-state index contributed by atoms with van der Waals surface area (Å²) in [5.41, 5.74) is 2.79. The summed E-state index contributed by atoms with van der Waals surface area (Å²) >= 11 is 0. The average Bonchev–Trinajstić information content (AvgIpc) is 3.25. The molecule has 2 aromatic rings. The number of hydrogen-bond donors (Lipinski definition) is 0. The third-order valence-corrected chi connectivity index (χ3v) is 6.05. The van der Waals surface area contributed by atoms with E-state index >= 15 is 0 Å². The molecule has 0 bridgehead atoms. The monoisotopic (exact) mass is 370 g/mol. The van der Waals surface area contributed by atoms with Crippen LogP contribution < -0.4 is 9.47 Å². The Labute approximate surface area is 161 Å².